The second-order valence-electron chi connectivity index (χ2n) is 6.34. The molecule has 19 heavy (non-hydrogen) atoms. The van der Waals surface area contributed by atoms with Crippen molar-refractivity contribution in [3.05, 3.63) is 28.6 Å². The molecule has 0 amide bonds. The zero-order valence-electron chi connectivity index (χ0n) is 12.5. The number of rotatable bonds is 2. The summed E-state index contributed by atoms with van der Waals surface area (Å²) in [6, 6.07) is 2.00. The Kier molecular flexibility index (Phi) is 3.66. The summed E-state index contributed by atoms with van der Waals surface area (Å²) in [7, 11) is 0. The van der Waals surface area contributed by atoms with Crippen LogP contribution in [0.3, 0.4) is 0 Å². The first kappa shape index (κ1) is 14.0. The Bertz CT molecular complexity index is 500. The van der Waals surface area contributed by atoms with Gasteiger partial charge in [0.15, 0.2) is 0 Å². The van der Waals surface area contributed by atoms with Crippen LogP contribution >= 0.6 is 0 Å². The first-order chi connectivity index (χ1) is 8.84. The van der Waals surface area contributed by atoms with Crippen LogP contribution in [0.5, 0.6) is 0 Å². The molecule has 0 saturated heterocycles. The van der Waals surface area contributed by atoms with Crippen molar-refractivity contribution in [2.24, 2.45) is 0 Å². The van der Waals surface area contributed by atoms with E-state index in [-0.39, 0.29) is 11.4 Å². The van der Waals surface area contributed by atoms with Crippen molar-refractivity contribution < 1.29 is 9.53 Å². The maximum atomic E-state index is 12.1. The zero-order chi connectivity index (χ0) is 14.2. The van der Waals surface area contributed by atoms with Crippen LogP contribution in [0.2, 0.25) is 0 Å². The smallest absolute Gasteiger partial charge is 0.340 e. The third-order valence-corrected chi connectivity index (χ3v) is 3.65. The van der Waals surface area contributed by atoms with Crippen molar-refractivity contribution in [2.45, 2.75) is 58.8 Å². The molecule has 0 aromatic carbocycles. The van der Waals surface area contributed by atoms with Gasteiger partial charge in [0.05, 0.1) is 17.9 Å². The second-order valence-corrected chi connectivity index (χ2v) is 6.34. The number of hydrogen-bond donors (Lipinski definition) is 0. The van der Waals surface area contributed by atoms with Crippen molar-refractivity contribution in [3.8, 4) is 0 Å². The highest BCUT2D eigenvalue weighted by atomic mass is 16.5. The molecule has 2 rings (SSSR count). The van der Waals surface area contributed by atoms with E-state index in [0.717, 1.165) is 24.2 Å². The molecule has 0 saturated carbocycles. The Morgan fingerprint density at radius 2 is 2.16 bits per heavy atom. The van der Waals surface area contributed by atoms with E-state index in [2.05, 4.69) is 27.7 Å². The van der Waals surface area contributed by atoms with E-state index in [0.29, 0.717) is 18.1 Å². The Hall–Kier alpha value is -1.38. The molecule has 1 unspecified atom stereocenters. The standard InChI is InChI=1S/C16H23NO2/c1-6-19-15(18)12-9-11-8-7-10(2)13(11)17-14(12)16(3,4)5/h9-10H,6-8H2,1-5H3. The number of fused-ring (bicyclic) bond motifs is 1. The van der Waals surface area contributed by atoms with Gasteiger partial charge < -0.3 is 4.74 Å². The first-order valence-corrected chi connectivity index (χ1v) is 7.06. The molecule has 1 aliphatic carbocycles. The molecule has 0 spiro atoms. The van der Waals surface area contributed by atoms with E-state index in [1.807, 2.05) is 13.0 Å². The second kappa shape index (κ2) is 4.95. The topological polar surface area (TPSA) is 39.2 Å². The van der Waals surface area contributed by atoms with Gasteiger partial charge in [-0.25, -0.2) is 4.79 Å². The summed E-state index contributed by atoms with van der Waals surface area (Å²) in [5, 5.41) is 0. The quantitative estimate of drug-likeness (QED) is 0.763. The molecular weight excluding hydrogens is 238 g/mol. The lowest BCUT2D eigenvalue weighted by molar-refractivity contribution is 0.0522. The molecule has 1 heterocycles. The number of carbonyl (C=O) groups excluding carboxylic acids is 1. The predicted molar refractivity (Wildman–Crippen MR) is 75.6 cm³/mol. The summed E-state index contributed by atoms with van der Waals surface area (Å²) >= 11 is 0. The number of aromatic nitrogens is 1. The number of nitrogens with zero attached hydrogens (tertiary/aromatic N) is 1. The summed E-state index contributed by atoms with van der Waals surface area (Å²) < 4.78 is 5.17. The van der Waals surface area contributed by atoms with Gasteiger partial charge in [0, 0.05) is 11.1 Å². The minimum absolute atomic E-state index is 0.153. The van der Waals surface area contributed by atoms with E-state index in [4.69, 9.17) is 9.72 Å². The first-order valence-electron chi connectivity index (χ1n) is 7.06. The number of hydrogen-bond acceptors (Lipinski definition) is 3. The summed E-state index contributed by atoms with van der Waals surface area (Å²) in [4.78, 5) is 16.9. The lowest BCUT2D eigenvalue weighted by atomic mass is 9.87. The van der Waals surface area contributed by atoms with Crippen LogP contribution in [0.1, 0.15) is 74.3 Å². The molecule has 0 bridgehead atoms. The monoisotopic (exact) mass is 261 g/mol. The van der Waals surface area contributed by atoms with Gasteiger partial charge in [0.2, 0.25) is 0 Å². The average molecular weight is 261 g/mol. The van der Waals surface area contributed by atoms with Gasteiger partial charge in [0.25, 0.3) is 0 Å². The van der Waals surface area contributed by atoms with E-state index in [1.54, 1.807) is 0 Å². The number of ether oxygens (including phenoxy) is 1. The maximum Gasteiger partial charge on any atom is 0.340 e. The Labute approximate surface area is 115 Å². The average Bonchev–Trinajstić information content (AvgIpc) is 2.68. The number of aryl methyl sites for hydroxylation is 1. The molecular formula is C16H23NO2. The highest BCUT2D eigenvalue weighted by Crippen LogP contribution is 2.35. The maximum absolute atomic E-state index is 12.1. The van der Waals surface area contributed by atoms with Gasteiger partial charge in [-0.15, -0.1) is 0 Å². The molecule has 1 aliphatic rings. The van der Waals surface area contributed by atoms with Gasteiger partial charge in [-0.1, -0.05) is 27.7 Å². The normalized spacial score (nSPS) is 18.3. The SMILES string of the molecule is CCOC(=O)c1cc2c(nc1C(C)(C)C)C(C)CC2. The van der Waals surface area contributed by atoms with Crippen LogP contribution in [-0.4, -0.2) is 17.6 Å². The van der Waals surface area contributed by atoms with E-state index >= 15 is 0 Å². The summed E-state index contributed by atoms with van der Waals surface area (Å²) in [5.41, 5.74) is 3.72. The van der Waals surface area contributed by atoms with E-state index in [1.165, 1.54) is 5.56 Å². The largest absolute Gasteiger partial charge is 0.462 e. The van der Waals surface area contributed by atoms with Crippen LogP contribution in [0, 0.1) is 0 Å². The summed E-state index contributed by atoms with van der Waals surface area (Å²) in [6.07, 6.45) is 2.14. The van der Waals surface area contributed by atoms with Crippen LogP contribution < -0.4 is 0 Å². The Balaban J connectivity index is 2.55. The number of pyridine rings is 1. The van der Waals surface area contributed by atoms with Crippen molar-refractivity contribution in [3.63, 3.8) is 0 Å². The molecule has 0 N–H and O–H groups in total. The highest BCUT2D eigenvalue weighted by molar-refractivity contribution is 5.91. The fourth-order valence-corrected chi connectivity index (χ4v) is 2.64. The number of carbonyl (C=O) groups is 1. The van der Waals surface area contributed by atoms with Gasteiger partial charge >= 0.3 is 5.97 Å². The fourth-order valence-electron chi connectivity index (χ4n) is 2.64. The molecule has 1 aromatic rings. The molecule has 0 radical (unpaired) electrons. The lowest BCUT2D eigenvalue weighted by Gasteiger charge is -2.22. The van der Waals surface area contributed by atoms with Crippen LogP contribution in [0.15, 0.2) is 6.07 Å². The van der Waals surface area contributed by atoms with Crippen molar-refractivity contribution in [2.75, 3.05) is 6.61 Å². The van der Waals surface area contributed by atoms with Gasteiger partial charge in [-0.3, -0.25) is 4.98 Å². The molecule has 0 aliphatic heterocycles. The molecule has 3 heteroatoms. The Morgan fingerprint density at radius 3 is 2.74 bits per heavy atom. The predicted octanol–water partition coefficient (Wildman–Crippen LogP) is 3.61. The minimum Gasteiger partial charge on any atom is -0.462 e. The molecule has 0 fully saturated rings. The number of esters is 1. The third kappa shape index (κ3) is 2.65. The summed E-state index contributed by atoms with van der Waals surface area (Å²) in [5.74, 6) is 0.245. The minimum atomic E-state index is -0.248. The van der Waals surface area contributed by atoms with Gasteiger partial charge in [0.1, 0.15) is 0 Å². The zero-order valence-corrected chi connectivity index (χ0v) is 12.5. The fraction of sp³-hybridized carbons (Fsp3) is 0.625. The van der Waals surface area contributed by atoms with Gasteiger partial charge in [-0.05, 0) is 37.3 Å². The van der Waals surface area contributed by atoms with Gasteiger partial charge in [-0.2, -0.15) is 0 Å². The van der Waals surface area contributed by atoms with Crippen molar-refractivity contribution in [1.29, 1.82) is 0 Å². The molecule has 1 atom stereocenters. The van der Waals surface area contributed by atoms with E-state index < -0.39 is 0 Å². The molecule has 104 valence electrons. The molecule has 3 nitrogen and oxygen atoms in total. The van der Waals surface area contributed by atoms with Crippen LogP contribution in [0.25, 0.3) is 0 Å². The van der Waals surface area contributed by atoms with Crippen molar-refractivity contribution in [1.82, 2.24) is 4.98 Å². The third-order valence-electron chi connectivity index (χ3n) is 3.65. The van der Waals surface area contributed by atoms with Crippen LogP contribution in [-0.2, 0) is 16.6 Å². The van der Waals surface area contributed by atoms with E-state index in [9.17, 15) is 4.79 Å². The highest BCUT2D eigenvalue weighted by Gasteiger charge is 2.29. The van der Waals surface area contributed by atoms with Crippen LogP contribution in [0.4, 0.5) is 0 Å². The Morgan fingerprint density at radius 1 is 1.47 bits per heavy atom. The lowest BCUT2D eigenvalue weighted by Crippen LogP contribution is -2.21. The summed E-state index contributed by atoms with van der Waals surface area (Å²) in [6.45, 7) is 10.7. The van der Waals surface area contributed by atoms with Crippen molar-refractivity contribution >= 4 is 5.97 Å². The molecule has 1 aromatic heterocycles.